The molecule has 0 spiro atoms. The highest BCUT2D eigenvalue weighted by Gasteiger charge is 2.19. The van der Waals surface area contributed by atoms with Crippen LogP contribution in [0.1, 0.15) is 36.2 Å². The number of carbonyl (C=O) groups is 1. The summed E-state index contributed by atoms with van der Waals surface area (Å²) in [6, 6.07) is 3.42. The van der Waals surface area contributed by atoms with E-state index in [1.165, 1.54) is 10.6 Å². The first kappa shape index (κ1) is 16.2. The third-order valence-electron chi connectivity index (χ3n) is 3.73. The zero-order valence-electron chi connectivity index (χ0n) is 13.0. The summed E-state index contributed by atoms with van der Waals surface area (Å²) in [5.41, 5.74) is 1.02. The first-order valence-corrected chi connectivity index (χ1v) is 7.34. The van der Waals surface area contributed by atoms with Crippen molar-refractivity contribution in [2.24, 2.45) is 5.92 Å². The monoisotopic (exact) mass is 303 g/mol. The molecule has 0 fully saturated rings. The predicted molar refractivity (Wildman–Crippen MR) is 84.0 cm³/mol. The molecule has 2 rings (SSSR count). The minimum absolute atomic E-state index is 0.00619. The summed E-state index contributed by atoms with van der Waals surface area (Å²) in [7, 11) is 0. The Morgan fingerprint density at radius 1 is 1.45 bits per heavy atom. The van der Waals surface area contributed by atoms with Crippen molar-refractivity contribution in [2.45, 2.75) is 33.2 Å². The molecule has 6 heteroatoms. The van der Waals surface area contributed by atoms with Gasteiger partial charge >= 0.3 is 0 Å². The van der Waals surface area contributed by atoms with E-state index in [0.29, 0.717) is 12.1 Å². The highest BCUT2D eigenvalue weighted by Crippen LogP contribution is 2.08. The van der Waals surface area contributed by atoms with Crippen LogP contribution in [-0.4, -0.2) is 33.0 Å². The summed E-state index contributed by atoms with van der Waals surface area (Å²) in [5, 5.41) is 11.9. The van der Waals surface area contributed by atoms with Crippen LogP contribution in [0.2, 0.25) is 0 Å². The summed E-state index contributed by atoms with van der Waals surface area (Å²) >= 11 is 0. The highest BCUT2D eigenvalue weighted by atomic mass is 16.3. The van der Waals surface area contributed by atoms with Gasteiger partial charge in [-0.05, 0) is 30.9 Å². The Kier molecular flexibility index (Phi) is 4.92. The number of hydrogen-bond donors (Lipinski definition) is 2. The second-order valence-corrected chi connectivity index (χ2v) is 5.70. The van der Waals surface area contributed by atoms with Crippen molar-refractivity contribution in [3.05, 3.63) is 46.0 Å². The van der Waals surface area contributed by atoms with Crippen LogP contribution in [0.25, 0.3) is 5.65 Å². The number of nitrogens with one attached hydrogen (secondary N) is 1. The minimum Gasteiger partial charge on any atom is -0.396 e. The van der Waals surface area contributed by atoms with Crippen LogP contribution in [0.3, 0.4) is 0 Å². The summed E-state index contributed by atoms with van der Waals surface area (Å²) in [6.45, 7) is 5.75. The van der Waals surface area contributed by atoms with E-state index in [2.05, 4.69) is 10.3 Å². The van der Waals surface area contributed by atoms with Gasteiger partial charge in [0.05, 0.1) is 0 Å². The molecule has 0 saturated carbocycles. The van der Waals surface area contributed by atoms with Gasteiger partial charge in [0, 0.05) is 25.0 Å². The quantitative estimate of drug-likeness (QED) is 0.867. The molecule has 0 aliphatic rings. The van der Waals surface area contributed by atoms with Crippen molar-refractivity contribution < 1.29 is 9.90 Å². The average Bonchev–Trinajstić information content (AvgIpc) is 2.47. The zero-order chi connectivity index (χ0) is 16.3. The smallest absolute Gasteiger partial charge is 0.270 e. The number of aliphatic hydroxyl groups excluding tert-OH is 1. The van der Waals surface area contributed by atoms with Crippen LogP contribution >= 0.6 is 0 Å². The van der Waals surface area contributed by atoms with Gasteiger partial charge in [-0.15, -0.1) is 0 Å². The number of nitrogens with zero attached hydrogens (tertiary/aromatic N) is 2. The summed E-state index contributed by atoms with van der Waals surface area (Å²) in [5.74, 6) is -0.296. The van der Waals surface area contributed by atoms with Crippen LogP contribution in [0, 0.1) is 12.8 Å². The molecule has 2 heterocycles. The zero-order valence-corrected chi connectivity index (χ0v) is 13.0. The molecular weight excluding hydrogens is 282 g/mol. The van der Waals surface area contributed by atoms with E-state index < -0.39 is 11.5 Å². The lowest BCUT2D eigenvalue weighted by Crippen LogP contribution is -2.41. The van der Waals surface area contributed by atoms with Crippen molar-refractivity contribution in [1.82, 2.24) is 14.7 Å². The van der Waals surface area contributed by atoms with Gasteiger partial charge in [-0.2, -0.15) is 0 Å². The number of amides is 1. The molecule has 0 bridgehead atoms. The molecule has 118 valence electrons. The molecule has 0 radical (unpaired) electrons. The maximum atomic E-state index is 12.4. The van der Waals surface area contributed by atoms with Gasteiger partial charge in [0.1, 0.15) is 11.2 Å². The standard InChI is InChI=1S/C16H21N3O3/c1-10(2)13(6-8-20)18-15(21)12-9-17-14-11(3)5-4-7-19(14)16(12)22/h4-5,7,9-10,13,20H,6,8H2,1-3H3,(H,18,21). The Hall–Kier alpha value is -2.21. The maximum absolute atomic E-state index is 12.4. The Morgan fingerprint density at radius 3 is 2.82 bits per heavy atom. The van der Waals surface area contributed by atoms with Gasteiger partial charge in [-0.1, -0.05) is 19.9 Å². The van der Waals surface area contributed by atoms with Gasteiger partial charge in [0.15, 0.2) is 0 Å². The predicted octanol–water partition coefficient (Wildman–Crippen LogP) is 1.14. The Morgan fingerprint density at radius 2 is 2.18 bits per heavy atom. The third kappa shape index (κ3) is 3.17. The molecule has 6 nitrogen and oxygen atoms in total. The van der Waals surface area contributed by atoms with Gasteiger partial charge in [-0.25, -0.2) is 4.98 Å². The van der Waals surface area contributed by atoms with Crippen LogP contribution < -0.4 is 10.9 Å². The number of rotatable bonds is 5. The molecule has 0 saturated heterocycles. The van der Waals surface area contributed by atoms with Crippen LogP contribution in [0.5, 0.6) is 0 Å². The molecule has 1 unspecified atom stereocenters. The second-order valence-electron chi connectivity index (χ2n) is 5.70. The van der Waals surface area contributed by atoms with Gasteiger partial charge in [-0.3, -0.25) is 14.0 Å². The van der Waals surface area contributed by atoms with Crippen molar-refractivity contribution in [3.63, 3.8) is 0 Å². The van der Waals surface area contributed by atoms with Gasteiger partial charge in [0.2, 0.25) is 0 Å². The fraction of sp³-hybridized carbons (Fsp3) is 0.438. The number of fused-ring (bicyclic) bond motifs is 1. The summed E-state index contributed by atoms with van der Waals surface area (Å²) in [6.07, 6.45) is 3.36. The number of aryl methyl sites for hydroxylation is 1. The molecule has 1 amide bonds. The molecule has 2 aromatic rings. The Labute approximate surface area is 128 Å². The fourth-order valence-electron chi connectivity index (χ4n) is 2.36. The summed E-state index contributed by atoms with van der Waals surface area (Å²) < 4.78 is 1.38. The molecule has 0 aliphatic carbocycles. The topological polar surface area (TPSA) is 83.7 Å². The second kappa shape index (κ2) is 6.70. The lowest BCUT2D eigenvalue weighted by atomic mass is 10.0. The normalized spacial score (nSPS) is 12.6. The minimum atomic E-state index is -0.458. The molecule has 22 heavy (non-hydrogen) atoms. The lowest BCUT2D eigenvalue weighted by molar-refractivity contribution is 0.0914. The molecule has 0 aliphatic heterocycles. The van der Waals surface area contributed by atoms with E-state index in [1.807, 2.05) is 26.8 Å². The first-order valence-electron chi connectivity index (χ1n) is 7.34. The molecular formula is C16H21N3O3. The first-order chi connectivity index (χ1) is 10.5. The highest BCUT2D eigenvalue weighted by molar-refractivity contribution is 5.94. The third-order valence-corrected chi connectivity index (χ3v) is 3.73. The van der Waals surface area contributed by atoms with Gasteiger partial charge < -0.3 is 10.4 Å². The van der Waals surface area contributed by atoms with E-state index >= 15 is 0 Å². The van der Waals surface area contributed by atoms with E-state index in [9.17, 15) is 9.59 Å². The van der Waals surface area contributed by atoms with Crippen molar-refractivity contribution in [2.75, 3.05) is 6.61 Å². The van der Waals surface area contributed by atoms with Crippen molar-refractivity contribution >= 4 is 11.6 Å². The molecule has 2 N–H and O–H groups in total. The van der Waals surface area contributed by atoms with E-state index in [0.717, 1.165) is 5.56 Å². The van der Waals surface area contributed by atoms with Crippen LogP contribution in [0.4, 0.5) is 0 Å². The number of aromatic nitrogens is 2. The van der Waals surface area contributed by atoms with E-state index in [1.54, 1.807) is 12.3 Å². The fourth-order valence-corrected chi connectivity index (χ4v) is 2.36. The molecule has 0 aromatic carbocycles. The van der Waals surface area contributed by atoms with Crippen molar-refractivity contribution in [1.29, 1.82) is 0 Å². The van der Waals surface area contributed by atoms with E-state index in [-0.39, 0.29) is 24.1 Å². The van der Waals surface area contributed by atoms with Gasteiger partial charge in [0.25, 0.3) is 11.5 Å². The van der Waals surface area contributed by atoms with Crippen LogP contribution in [0.15, 0.2) is 29.3 Å². The maximum Gasteiger partial charge on any atom is 0.270 e. The summed E-state index contributed by atoms with van der Waals surface area (Å²) in [4.78, 5) is 29.0. The SMILES string of the molecule is Cc1cccn2c(=O)c(C(=O)NC(CCO)C(C)C)cnc12. The number of hydrogen-bond acceptors (Lipinski definition) is 4. The number of aliphatic hydroxyl groups is 1. The molecule has 1 atom stereocenters. The number of carbonyl (C=O) groups excluding carboxylic acids is 1. The Balaban J connectivity index is 2.36. The number of pyridine rings is 1. The largest absolute Gasteiger partial charge is 0.396 e. The van der Waals surface area contributed by atoms with Crippen molar-refractivity contribution in [3.8, 4) is 0 Å². The molecule has 2 aromatic heterocycles. The van der Waals surface area contributed by atoms with E-state index in [4.69, 9.17) is 5.11 Å². The average molecular weight is 303 g/mol. The Bertz CT molecular complexity index is 737. The lowest BCUT2D eigenvalue weighted by Gasteiger charge is -2.21. The van der Waals surface area contributed by atoms with Crippen LogP contribution in [-0.2, 0) is 0 Å².